The first-order valence-corrected chi connectivity index (χ1v) is 10.6. The van der Waals surface area contributed by atoms with E-state index in [0.29, 0.717) is 13.1 Å². The number of amides is 2. The Morgan fingerprint density at radius 1 is 0.821 bits per heavy atom. The monoisotopic (exact) mass is 399 g/mol. The highest BCUT2D eigenvalue weighted by Crippen LogP contribution is 2.04. The molecule has 2 amide bonds. The molecule has 1 atom stereocenters. The van der Waals surface area contributed by atoms with Crippen LogP contribution in [0.1, 0.15) is 64.7 Å². The summed E-state index contributed by atoms with van der Waals surface area (Å²) in [4.78, 5) is 23.4. The maximum Gasteiger partial charge on any atom is 0.309 e. The number of rotatable bonds is 18. The number of nitrogens with zero attached hydrogens (tertiary/aromatic N) is 1. The standard InChI is InChI=1S/C19H41N7O2/c1-17(20)10-15-22-11-8-9-14-25-19(28)18(27)24-13-7-5-3-2-4-6-12-23-16-26-21/h16-17,22H,2-15,20-21H2,1H3,(H,23,26)(H,24,27)(H,25,28). The highest BCUT2D eigenvalue weighted by atomic mass is 16.2. The zero-order chi connectivity index (χ0) is 20.9. The molecule has 0 aromatic carbocycles. The third kappa shape index (κ3) is 18.9. The largest absolute Gasteiger partial charge is 0.375 e. The van der Waals surface area contributed by atoms with Gasteiger partial charge in [-0.2, -0.15) is 5.10 Å². The summed E-state index contributed by atoms with van der Waals surface area (Å²) >= 11 is 0. The molecule has 0 aliphatic carbocycles. The van der Waals surface area contributed by atoms with Gasteiger partial charge in [-0.3, -0.25) is 9.59 Å². The fourth-order valence-electron chi connectivity index (χ4n) is 2.57. The molecule has 0 spiro atoms. The number of hydrogen-bond acceptors (Lipinski definition) is 6. The molecule has 1 unspecified atom stereocenters. The lowest BCUT2D eigenvalue weighted by atomic mass is 10.1. The van der Waals surface area contributed by atoms with Gasteiger partial charge in [0.1, 0.15) is 6.34 Å². The van der Waals surface area contributed by atoms with E-state index >= 15 is 0 Å². The van der Waals surface area contributed by atoms with Gasteiger partial charge in [0.25, 0.3) is 0 Å². The van der Waals surface area contributed by atoms with Gasteiger partial charge in [0, 0.05) is 25.7 Å². The Morgan fingerprint density at radius 2 is 1.32 bits per heavy atom. The third-order valence-corrected chi connectivity index (χ3v) is 4.25. The van der Waals surface area contributed by atoms with E-state index in [1.807, 2.05) is 6.92 Å². The van der Waals surface area contributed by atoms with Crippen molar-refractivity contribution in [1.82, 2.24) is 21.3 Å². The van der Waals surface area contributed by atoms with Crippen LogP contribution in [-0.4, -0.2) is 56.9 Å². The summed E-state index contributed by atoms with van der Waals surface area (Å²) in [7, 11) is 0. The minimum absolute atomic E-state index is 0.218. The van der Waals surface area contributed by atoms with Crippen molar-refractivity contribution in [2.45, 2.75) is 70.8 Å². The predicted molar refractivity (Wildman–Crippen MR) is 115 cm³/mol. The van der Waals surface area contributed by atoms with Crippen molar-refractivity contribution in [3.05, 3.63) is 0 Å². The van der Waals surface area contributed by atoms with Gasteiger partial charge in [-0.15, -0.1) is 0 Å². The first kappa shape index (κ1) is 26.1. The Morgan fingerprint density at radius 3 is 1.89 bits per heavy atom. The number of carbonyl (C=O) groups excluding carboxylic acids is 2. The van der Waals surface area contributed by atoms with Crippen molar-refractivity contribution >= 4 is 18.2 Å². The summed E-state index contributed by atoms with van der Waals surface area (Å²) < 4.78 is 0. The summed E-state index contributed by atoms with van der Waals surface area (Å²) in [6, 6.07) is 0.218. The van der Waals surface area contributed by atoms with E-state index in [2.05, 4.69) is 26.4 Å². The van der Waals surface area contributed by atoms with Gasteiger partial charge in [-0.25, -0.2) is 0 Å². The summed E-state index contributed by atoms with van der Waals surface area (Å²) in [6.07, 6.45) is 10.7. The van der Waals surface area contributed by atoms with Gasteiger partial charge in [0.15, 0.2) is 0 Å². The number of hydrazone groups is 1. The highest BCUT2D eigenvalue weighted by Gasteiger charge is 2.11. The molecule has 0 heterocycles. The van der Waals surface area contributed by atoms with Crippen LogP contribution in [0.15, 0.2) is 5.10 Å². The Balaban J connectivity index is 3.37. The van der Waals surface area contributed by atoms with Gasteiger partial charge >= 0.3 is 11.8 Å². The van der Waals surface area contributed by atoms with Crippen LogP contribution in [0.25, 0.3) is 0 Å². The van der Waals surface area contributed by atoms with Crippen molar-refractivity contribution in [2.24, 2.45) is 16.7 Å². The SMILES string of the molecule is CC(N)CCNCCCCNC(=O)C(=O)NCCCCCCCCNC=NN. The van der Waals surface area contributed by atoms with E-state index in [-0.39, 0.29) is 6.04 Å². The van der Waals surface area contributed by atoms with Gasteiger partial charge < -0.3 is 32.8 Å². The molecule has 9 nitrogen and oxygen atoms in total. The second-order valence-corrected chi connectivity index (χ2v) is 7.09. The first-order valence-electron chi connectivity index (χ1n) is 10.6. The number of carbonyl (C=O) groups is 2. The number of unbranched alkanes of at least 4 members (excludes halogenated alkanes) is 6. The molecule has 164 valence electrons. The van der Waals surface area contributed by atoms with Crippen molar-refractivity contribution < 1.29 is 9.59 Å². The van der Waals surface area contributed by atoms with Crippen LogP contribution in [0.4, 0.5) is 0 Å². The van der Waals surface area contributed by atoms with Crippen LogP contribution in [0.5, 0.6) is 0 Å². The van der Waals surface area contributed by atoms with Crippen molar-refractivity contribution in [2.75, 3.05) is 32.7 Å². The topological polar surface area (TPSA) is 147 Å². The Bertz CT molecular complexity index is 417. The van der Waals surface area contributed by atoms with Crippen LogP contribution in [0, 0.1) is 0 Å². The Labute approximate surface area is 169 Å². The molecule has 0 rings (SSSR count). The molecule has 0 aromatic heterocycles. The molecule has 0 aliphatic heterocycles. The molecule has 0 saturated heterocycles. The summed E-state index contributed by atoms with van der Waals surface area (Å²) in [5.41, 5.74) is 5.67. The van der Waals surface area contributed by atoms with Crippen LogP contribution in [0.3, 0.4) is 0 Å². The molecule has 9 heteroatoms. The number of nitrogens with one attached hydrogen (secondary N) is 4. The molecule has 0 aromatic rings. The Kier molecular flexibility index (Phi) is 18.6. The van der Waals surface area contributed by atoms with E-state index in [0.717, 1.165) is 77.4 Å². The molecule has 0 fully saturated rings. The fourth-order valence-corrected chi connectivity index (χ4v) is 2.57. The lowest BCUT2D eigenvalue weighted by Crippen LogP contribution is -2.40. The van der Waals surface area contributed by atoms with Gasteiger partial charge in [-0.1, -0.05) is 25.7 Å². The van der Waals surface area contributed by atoms with E-state index in [1.54, 1.807) is 0 Å². The molecular formula is C19H41N7O2. The van der Waals surface area contributed by atoms with Gasteiger partial charge in [-0.05, 0) is 52.1 Å². The zero-order valence-electron chi connectivity index (χ0n) is 17.5. The van der Waals surface area contributed by atoms with Crippen molar-refractivity contribution in [3.8, 4) is 0 Å². The van der Waals surface area contributed by atoms with Crippen LogP contribution in [0.2, 0.25) is 0 Å². The molecule has 28 heavy (non-hydrogen) atoms. The molecule has 0 bridgehead atoms. The zero-order valence-corrected chi connectivity index (χ0v) is 17.5. The second kappa shape index (κ2) is 19.9. The summed E-state index contributed by atoms with van der Waals surface area (Å²) in [5.74, 6) is 3.90. The Hall–Kier alpha value is -1.87. The third-order valence-electron chi connectivity index (χ3n) is 4.25. The lowest BCUT2D eigenvalue weighted by molar-refractivity contribution is -0.139. The maximum absolute atomic E-state index is 11.7. The molecule has 0 radical (unpaired) electrons. The summed E-state index contributed by atoms with van der Waals surface area (Å²) in [6.45, 7) is 5.75. The fraction of sp³-hybridized carbons (Fsp3) is 0.842. The average Bonchev–Trinajstić information content (AvgIpc) is 2.67. The van der Waals surface area contributed by atoms with Gasteiger partial charge in [0.2, 0.25) is 0 Å². The molecule has 0 saturated carbocycles. The van der Waals surface area contributed by atoms with E-state index in [4.69, 9.17) is 11.6 Å². The minimum atomic E-state index is -0.543. The molecular weight excluding hydrogens is 358 g/mol. The average molecular weight is 400 g/mol. The van der Waals surface area contributed by atoms with Gasteiger partial charge in [0.05, 0.1) is 0 Å². The van der Waals surface area contributed by atoms with Crippen molar-refractivity contribution in [3.63, 3.8) is 0 Å². The van der Waals surface area contributed by atoms with E-state index < -0.39 is 11.8 Å². The first-order chi connectivity index (χ1) is 13.6. The minimum Gasteiger partial charge on any atom is -0.375 e. The van der Waals surface area contributed by atoms with Crippen LogP contribution < -0.4 is 32.8 Å². The molecule has 0 aliphatic rings. The van der Waals surface area contributed by atoms with E-state index in [9.17, 15) is 9.59 Å². The van der Waals surface area contributed by atoms with E-state index in [1.165, 1.54) is 6.34 Å². The quantitative estimate of drug-likeness (QED) is 0.0483. The maximum atomic E-state index is 11.7. The summed E-state index contributed by atoms with van der Waals surface area (Å²) in [5, 5.41) is 15.0. The van der Waals surface area contributed by atoms with Crippen molar-refractivity contribution in [1.29, 1.82) is 0 Å². The molecule has 8 N–H and O–H groups in total. The second-order valence-electron chi connectivity index (χ2n) is 7.09. The predicted octanol–water partition coefficient (Wildman–Crippen LogP) is 0.158. The number of hydrogen-bond donors (Lipinski definition) is 6. The smallest absolute Gasteiger partial charge is 0.309 e. The lowest BCUT2D eigenvalue weighted by Gasteiger charge is -2.08. The number of nitrogens with two attached hydrogens (primary N) is 2. The highest BCUT2D eigenvalue weighted by molar-refractivity contribution is 6.35. The van der Waals surface area contributed by atoms with Crippen LogP contribution in [-0.2, 0) is 9.59 Å². The normalized spacial score (nSPS) is 12.1. The van der Waals surface area contributed by atoms with Crippen LogP contribution >= 0.6 is 0 Å².